The van der Waals surface area contributed by atoms with Crippen LogP contribution in [0.15, 0.2) is 60.7 Å². The molecule has 2 aromatic rings. The van der Waals surface area contributed by atoms with Crippen molar-refractivity contribution in [3.63, 3.8) is 0 Å². The summed E-state index contributed by atoms with van der Waals surface area (Å²) in [6.07, 6.45) is 0.223. The molecule has 0 fully saturated rings. The fourth-order valence-corrected chi connectivity index (χ4v) is 2.45. The van der Waals surface area contributed by atoms with Crippen LogP contribution in [0.4, 0.5) is 4.79 Å². The van der Waals surface area contributed by atoms with Crippen LogP contribution in [-0.2, 0) is 11.2 Å². The number of carboxylic acids is 1. The van der Waals surface area contributed by atoms with Gasteiger partial charge in [-0.15, -0.1) is 0 Å². The highest BCUT2D eigenvalue weighted by Crippen LogP contribution is 2.16. The summed E-state index contributed by atoms with van der Waals surface area (Å²) in [6, 6.07) is 16.2. The molecule has 6 heteroatoms. The third-order valence-corrected chi connectivity index (χ3v) is 3.78. The molecule has 25 heavy (non-hydrogen) atoms. The molecule has 2 unspecified atom stereocenters. The monoisotopic (exact) mass is 342 g/mol. The zero-order chi connectivity index (χ0) is 18.1. The molecule has 132 valence electrons. The van der Waals surface area contributed by atoms with Gasteiger partial charge in [-0.3, -0.25) is 0 Å². The lowest BCUT2D eigenvalue weighted by atomic mass is 10.0. The first-order chi connectivity index (χ1) is 12.1. The van der Waals surface area contributed by atoms with Gasteiger partial charge in [-0.2, -0.15) is 0 Å². The Balaban J connectivity index is 1.81. The van der Waals surface area contributed by atoms with Crippen LogP contribution in [0, 0.1) is 0 Å². The molecule has 0 radical (unpaired) electrons. The molecule has 2 rings (SSSR count). The molecule has 2 amide bonds. The van der Waals surface area contributed by atoms with E-state index in [-0.39, 0.29) is 0 Å². The second kappa shape index (κ2) is 9.44. The zero-order valence-corrected chi connectivity index (χ0v) is 13.8. The molecule has 0 heterocycles. The van der Waals surface area contributed by atoms with E-state index in [4.69, 9.17) is 0 Å². The number of amides is 2. The minimum atomic E-state index is -1.42. The summed E-state index contributed by atoms with van der Waals surface area (Å²) in [5.41, 5.74) is 1.60. The Bertz CT molecular complexity index is 676. The smallest absolute Gasteiger partial charge is 0.329 e. The minimum Gasteiger partial charge on any atom is -0.480 e. The normalized spacial score (nSPS) is 12.8. The molecule has 0 aliphatic rings. The number of carbonyl (C=O) groups excluding carboxylic acids is 1. The lowest BCUT2D eigenvalue weighted by Crippen LogP contribution is -2.49. The summed E-state index contributed by atoms with van der Waals surface area (Å²) in [4.78, 5) is 23.3. The molecule has 6 nitrogen and oxygen atoms in total. The van der Waals surface area contributed by atoms with Crippen LogP contribution in [0.1, 0.15) is 23.7 Å². The van der Waals surface area contributed by atoms with Crippen molar-refractivity contribution in [2.45, 2.75) is 25.0 Å². The van der Waals surface area contributed by atoms with Gasteiger partial charge in [0.25, 0.3) is 0 Å². The summed E-state index contributed by atoms with van der Waals surface area (Å²) in [6.45, 7) is 0.411. The van der Waals surface area contributed by atoms with Gasteiger partial charge in [-0.25, -0.2) is 9.59 Å². The first kappa shape index (κ1) is 18.5. The summed E-state index contributed by atoms with van der Waals surface area (Å²) >= 11 is 0. The van der Waals surface area contributed by atoms with Crippen molar-refractivity contribution in [1.29, 1.82) is 0 Å². The number of urea groups is 1. The second-order valence-electron chi connectivity index (χ2n) is 5.66. The van der Waals surface area contributed by atoms with Gasteiger partial charge in [-0.05, 0) is 24.0 Å². The van der Waals surface area contributed by atoms with E-state index < -0.39 is 24.1 Å². The first-order valence-corrected chi connectivity index (χ1v) is 8.12. The molecule has 0 aromatic heterocycles. The highest BCUT2D eigenvalue weighted by molar-refractivity contribution is 5.83. The number of rotatable bonds is 8. The highest BCUT2D eigenvalue weighted by atomic mass is 16.4. The predicted octanol–water partition coefficient (Wildman–Crippen LogP) is 2.11. The second-order valence-corrected chi connectivity index (χ2v) is 5.66. The molecule has 0 saturated carbocycles. The Kier molecular flexibility index (Phi) is 6.98. The van der Waals surface area contributed by atoms with E-state index >= 15 is 0 Å². The summed E-state index contributed by atoms with van der Waals surface area (Å²) in [5, 5.41) is 24.4. The van der Waals surface area contributed by atoms with E-state index in [1.54, 1.807) is 30.3 Å². The highest BCUT2D eigenvalue weighted by Gasteiger charge is 2.29. The molecule has 4 N–H and O–H groups in total. The summed E-state index contributed by atoms with van der Waals surface area (Å²) in [7, 11) is 0. The van der Waals surface area contributed by atoms with Crippen LogP contribution in [0.25, 0.3) is 0 Å². The quantitative estimate of drug-likeness (QED) is 0.552. The lowest BCUT2D eigenvalue weighted by Gasteiger charge is -2.21. The van der Waals surface area contributed by atoms with Crippen LogP contribution in [0.2, 0.25) is 0 Å². The third kappa shape index (κ3) is 5.93. The van der Waals surface area contributed by atoms with Crippen molar-refractivity contribution in [1.82, 2.24) is 10.6 Å². The number of hydrogen-bond donors (Lipinski definition) is 4. The number of benzene rings is 2. The molecule has 0 saturated heterocycles. The van der Waals surface area contributed by atoms with Gasteiger partial charge in [0, 0.05) is 6.54 Å². The number of nitrogens with one attached hydrogen (secondary N) is 2. The third-order valence-electron chi connectivity index (χ3n) is 3.78. The van der Waals surface area contributed by atoms with Gasteiger partial charge in [0.05, 0.1) is 0 Å². The van der Waals surface area contributed by atoms with Gasteiger partial charge < -0.3 is 20.8 Å². The lowest BCUT2D eigenvalue weighted by molar-refractivity contribution is -0.142. The van der Waals surface area contributed by atoms with Gasteiger partial charge in [0.15, 0.2) is 6.04 Å². The number of aryl methyl sites for hydroxylation is 1. The number of hydrogen-bond acceptors (Lipinski definition) is 3. The van der Waals surface area contributed by atoms with E-state index in [0.29, 0.717) is 12.1 Å². The van der Waals surface area contributed by atoms with E-state index in [0.717, 1.165) is 12.8 Å². The van der Waals surface area contributed by atoms with Gasteiger partial charge in [0.1, 0.15) is 6.10 Å². The Hall–Kier alpha value is -2.86. The van der Waals surface area contributed by atoms with Crippen LogP contribution >= 0.6 is 0 Å². The van der Waals surface area contributed by atoms with Crippen molar-refractivity contribution < 1.29 is 19.8 Å². The molecule has 2 atom stereocenters. The average Bonchev–Trinajstić information content (AvgIpc) is 2.64. The standard InChI is InChI=1S/C19H22N2O4/c22-17(15-11-5-2-6-12-15)16(18(23)24)21-19(25)20-13-7-10-14-8-3-1-4-9-14/h1-6,8-9,11-12,16-17,22H,7,10,13H2,(H,23,24)(H2,20,21,25). The molecule has 0 spiro atoms. The Morgan fingerprint density at radius 1 is 0.960 bits per heavy atom. The zero-order valence-electron chi connectivity index (χ0n) is 13.8. The van der Waals surface area contributed by atoms with Crippen LogP contribution in [-0.4, -0.2) is 34.8 Å². The number of aliphatic hydroxyl groups excluding tert-OH is 1. The molecular formula is C19H22N2O4. The van der Waals surface area contributed by atoms with Crippen molar-refractivity contribution >= 4 is 12.0 Å². The molecular weight excluding hydrogens is 320 g/mol. The topological polar surface area (TPSA) is 98.7 Å². The van der Waals surface area contributed by atoms with Crippen molar-refractivity contribution in [3.8, 4) is 0 Å². The fourth-order valence-electron chi connectivity index (χ4n) is 2.45. The van der Waals surface area contributed by atoms with Gasteiger partial charge >= 0.3 is 12.0 Å². The van der Waals surface area contributed by atoms with Crippen molar-refractivity contribution in [3.05, 3.63) is 71.8 Å². The number of carbonyl (C=O) groups is 2. The van der Waals surface area contributed by atoms with E-state index in [9.17, 15) is 19.8 Å². The van der Waals surface area contributed by atoms with E-state index in [2.05, 4.69) is 10.6 Å². The van der Waals surface area contributed by atoms with Crippen LogP contribution in [0.3, 0.4) is 0 Å². The first-order valence-electron chi connectivity index (χ1n) is 8.12. The SMILES string of the molecule is O=C(NCCCc1ccccc1)NC(C(=O)O)C(O)c1ccccc1. The predicted molar refractivity (Wildman–Crippen MR) is 94.1 cm³/mol. The summed E-state index contributed by atoms with van der Waals surface area (Å²) in [5.74, 6) is -1.30. The summed E-state index contributed by atoms with van der Waals surface area (Å²) < 4.78 is 0. The maximum atomic E-state index is 11.9. The molecule has 0 aliphatic carbocycles. The Morgan fingerprint density at radius 2 is 1.56 bits per heavy atom. The number of carboxylic acid groups (broad SMARTS) is 1. The maximum absolute atomic E-state index is 11.9. The van der Waals surface area contributed by atoms with E-state index in [1.807, 2.05) is 30.3 Å². The van der Waals surface area contributed by atoms with E-state index in [1.165, 1.54) is 5.56 Å². The number of aliphatic hydroxyl groups is 1. The molecule has 2 aromatic carbocycles. The van der Waals surface area contributed by atoms with Crippen LogP contribution < -0.4 is 10.6 Å². The van der Waals surface area contributed by atoms with Crippen molar-refractivity contribution in [2.75, 3.05) is 6.54 Å². The van der Waals surface area contributed by atoms with Gasteiger partial charge in [-0.1, -0.05) is 60.7 Å². The Morgan fingerprint density at radius 3 is 2.16 bits per heavy atom. The fraction of sp³-hybridized carbons (Fsp3) is 0.263. The minimum absolute atomic E-state index is 0.411. The number of aliphatic carboxylic acids is 1. The van der Waals surface area contributed by atoms with Gasteiger partial charge in [0.2, 0.25) is 0 Å². The maximum Gasteiger partial charge on any atom is 0.329 e. The van der Waals surface area contributed by atoms with Crippen molar-refractivity contribution in [2.24, 2.45) is 0 Å². The molecule has 0 bridgehead atoms. The average molecular weight is 342 g/mol. The van der Waals surface area contributed by atoms with Crippen LogP contribution in [0.5, 0.6) is 0 Å². The Labute approximate surface area is 146 Å². The molecule has 0 aliphatic heterocycles. The largest absolute Gasteiger partial charge is 0.480 e.